The predicted molar refractivity (Wildman–Crippen MR) is 98.1 cm³/mol. The molecule has 2 aromatic rings. The van der Waals surface area contributed by atoms with Crippen molar-refractivity contribution >= 4 is 34.8 Å². The van der Waals surface area contributed by atoms with Crippen LogP contribution in [0.4, 0.5) is 32.0 Å². The first kappa shape index (κ1) is 24.0. The lowest BCUT2D eigenvalue weighted by Crippen LogP contribution is -2.51. The summed E-state index contributed by atoms with van der Waals surface area (Å²) in [7, 11) is 0. The molecule has 1 unspecified atom stereocenters. The lowest BCUT2D eigenvalue weighted by molar-refractivity contribution is -0.249. The molecule has 0 bridgehead atoms. The first-order valence-corrected chi connectivity index (χ1v) is 8.70. The number of carbonyl (C=O) groups excluding carboxylic acids is 1. The summed E-state index contributed by atoms with van der Waals surface area (Å²) in [6.07, 6.45) is -10.0. The number of hydrogen-bond donors (Lipinski definition) is 3. The van der Waals surface area contributed by atoms with E-state index in [9.17, 15) is 36.2 Å². The average Bonchev–Trinajstić information content (AvgIpc) is 2.58. The topological polar surface area (TPSA) is 88.2 Å². The molecule has 1 heterocycles. The van der Waals surface area contributed by atoms with E-state index in [0.717, 1.165) is 12.1 Å². The second kappa shape index (κ2) is 8.12. The lowest BCUT2D eigenvalue weighted by Gasteiger charge is -2.26. The molecule has 0 aliphatic heterocycles. The van der Waals surface area contributed by atoms with E-state index in [4.69, 9.17) is 28.9 Å². The number of hydrogen-bond acceptors (Lipinski definition) is 4. The van der Waals surface area contributed by atoms with E-state index in [-0.39, 0.29) is 15.6 Å². The number of nitrogen functional groups attached to an aromatic ring is 1. The number of nitrogens with zero attached hydrogens (tertiary/aromatic N) is 1. The number of pyridine rings is 1. The van der Waals surface area contributed by atoms with Gasteiger partial charge in [-0.05, 0) is 31.2 Å². The van der Waals surface area contributed by atoms with Gasteiger partial charge in [0.1, 0.15) is 0 Å². The Kier molecular flexibility index (Phi) is 6.51. The summed E-state index contributed by atoms with van der Waals surface area (Å²) in [5.74, 6) is -1.32. The Bertz CT molecular complexity index is 977. The van der Waals surface area contributed by atoms with Crippen molar-refractivity contribution < 1.29 is 36.2 Å². The molecule has 0 radical (unpaired) electrons. The van der Waals surface area contributed by atoms with E-state index in [1.54, 1.807) is 5.32 Å². The smallest absolute Gasteiger partial charge is 0.397 e. The number of benzene rings is 1. The number of nitrogens with one attached hydrogen (secondary N) is 1. The van der Waals surface area contributed by atoms with Crippen molar-refractivity contribution in [1.82, 2.24) is 10.3 Å². The molecular formula is C17H13Cl2F6N3O2. The van der Waals surface area contributed by atoms with Crippen molar-refractivity contribution in [3.05, 3.63) is 45.6 Å². The molecule has 1 aromatic heterocycles. The number of nitrogens with two attached hydrogens (primary N) is 1. The van der Waals surface area contributed by atoms with Crippen molar-refractivity contribution in [2.24, 2.45) is 0 Å². The Labute approximate surface area is 175 Å². The summed E-state index contributed by atoms with van der Waals surface area (Å²) in [5.41, 5.74) is -1.63. The molecule has 1 aromatic carbocycles. The molecule has 164 valence electrons. The van der Waals surface area contributed by atoms with Crippen LogP contribution in [0, 0.1) is 0 Å². The van der Waals surface area contributed by atoms with E-state index in [0.29, 0.717) is 13.0 Å². The maximum Gasteiger partial charge on any atom is 0.418 e. The molecule has 13 heteroatoms. The quantitative estimate of drug-likeness (QED) is 0.559. The number of rotatable bonds is 4. The van der Waals surface area contributed by atoms with Gasteiger partial charge in [-0.15, -0.1) is 0 Å². The second-order valence-corrected chi connectivity index (χ2v) is 7.24. The summed E-state index contributed by atoms with van der Waals surface area (Å²) >= 11 is 11.7. The average molecular weight is 476 g/mol. The first-order valence-electron chi connectivity index (χ1n) is 7.95. The van der Waals surface area contributed by atoms with Gasteiger partial charge in [-0.3, -0.25) is 4.79 Å². The van der Waals surface area contributed by atoms with Crippen LogP contribution in [0.3, 0.4) is 0 Å². The Hall–Kier alpha value is -2.24. The number of halogens is 8. The molecule has 1 amide bonds. The minimum absolute atomic E-state index is 0.125. The highest BCUT2D eigenvalue weighted by Crippen LogP contribution is 2.40. The molecule has 0 saturated carbocycles. The third kappa shape index (κ3) is 5.08. The van der Waals surface area contributed by atoms with Gasteiger partial charge in [0.25, 0.3) is 5.91 Å². The zero-order valence-electron chi connectivity index (χ0n) is 14.9. The van der Waals surface area contributed by atoms with Gasteiger partial charge in [0.2, 0.25) is 0 Å². The molecule has 0 spiro atoms. The standard InChI is InChI=1S/C17H13Cl2F6N3O2/c1-15(30,17(23,24)25)6-27-14(29)13-11(26)5-9(16(20,21)22)12(28-13)8-3-2-7(18)4-10(8)19/h2-5,30H,6,26H2,1H3,(H,27,29). The highest BCUT2D eigenvalue weighted by molar-refractivity contribution is 6.36. The molecule has 0 saturated heterocycles. The fraction of sp³-hybridized carbons (Fsp3) is 0.294. The van der Waals surface area contributed by atoms with E-state index in [2.05, 4.69) is 4.98 Å². The van der Waals surface area contributed by atoms with Gasteiger partial charge in [0, 0.05) is 10.6 Å². The zero-order valence-corrected chi connectivity index (χ0v) is 16.4. The summed E-state index contributed by atoms with van der Waals surface area (Å²) in [6, 6.07) is 3.94. The number of amides is 1. The van der Waals surface area contributed by atoms with Crippen LogP contribution < -0.4 is 11.1 Å². The van der Waals surface area contributed by atoms with Gasteiger partial charge in [-0.25, -0.2) is 4.98 Å². The third-order valence-corrected chi connectivity index (χ3v) is 4.51. The normalized spacial score (nSPS) is 14.3. The second-order valence-electron chi connectivity index (χ2n) is 6.40. The van der Waals surface area contributed by atoms with Gasteiger partial charge >= 0.3 is 12.4 Å². The van der Waals surface area contributed by atoms with Crippen LogP contribution in [-0.4, -0.2) is 34.3 Å². The van der Waals surface area contributed by atoms with Gasteiger partial charge in [-0.2, -0.15) is 26.3 Å². The van der Waals surface area contributed by atoms with E-state index < -0.39 is 53.0 Å². The van der Waals surface area contributed by atoms with Crippen molar-refractivity contribution in [3.63, 3.8) is 0 Å². The minimum atomic E-state index is -5.07. The van der Waals surface area contributed by atoms with Gasteiger partial charge < -0.3 is 16.2 Å². The Balaban J connectivity index is 2.53. The number of aliphatic hydroxyl groups is 1. The van der Waals surface area contributed by atoms with Crippen LogP contribution >= 0.6 is 23.2 Å². The molecule has 0 aliphatic carbocycles. The predicted octanol–water partition coefficient (Wildman–Crippen LogP) is 4.70. The van der Waals surface area contributed by atoms with Crippen molar-refractivity contribution in [1.29, 1.82) is 0 Å². The Morgan fingerprint density at radius 1 is 1.17 bits per heavy atom. The van der Waals surface area contributed by atoms with Gasteiger partial charge in [0.15, 0.2) is 11.3 Å². The minimum Gasteiger partial charge on any atom is -0.397 e. The largest absolute Gasteiger partial charge is 0.418 e. The molecule has 4 N–H and O–H groups in total. The zero-order chi connectivity index (χ0) is 23.1. The summed E-state index contributed by atoms with van der Waals surface area (Å²) in [5, 5.41) is 11.1. The van der Waals surface area contributed by atoms with E-state index >= 15 is 0 Å². The van der Waals surface area contributed by atoms with Gasteiger partial charge in [0.05, 0.1) is 28.5 Å². The Morgan fingerprint density at radius 2 is 1.77 bits per heavy atom. The van der Waals surface area contributed by atoms with Gasteiger partial charge in [-0.1, -0.05) is 23.2 Å². The Morgan fingerprint density at radius 3 is 2.27 bits per heavy atom. The number of aromatic nitrogens is 1. The molecule has 0 fully saturated rings. The van der Waals surface area contributed by atoms with Crippen LogP contribution in [0.2, 0.25) is 10.0 Å². The molecule has 30 heavy (non-hydrogen) atoms. The first-order chi connectivity index (χ1) is 13.5. The number of alkyl halides is 6. The highest BCUT2D eigenvalue weighted by Gasteiger charge is 2.50. The van der Waals surface area contributed by atoms with E-state index in [1.807, 2.05) is 0 Å². The molecule has 0 aliphatic rings. The third-order valence-electron chi connectivity index (χ3n) is 3.96. The van der Waals surface area contributed by atoms with Crippen molar-refractivity contribution in [2.45, 2.75) is 24.9 Å². The van der Waals surface area contributed by atoms with Crippen LogP contribution in [-0.2, 0) is 6.18 Å². The molecule has 5 nitrogen and oxygen atoms in total. The van der Waals surface area contributed by atoms with Crippen LogP contribution in [0.5, 0.6) is 0 Å². The fourth-order valence-corrected chi connectivity index (χ4v) is 2.75. The summed E-state index contributed by atoms with van der Waals surface area (Å²) in [4.78, 5) is 15.9. The van der Waals surface area contributed by atoms with Crippen LogP contribution in [0.15, 0.2) is 24.3 Å². The highest BCUT2D eigenvalue weighted by atomic mass is 35.5. The SMILES string of the molecule is CC(O)(CNC(=O)c1nc(-c2ccc(Cl)cc2Cl)c(C(F)(F)F)cc1N)C(F)(F)F. The van der Waals surface area contributed by atoms with E-state index in [1.165, 1.54) is 6.07 Å². The molecule has 2 rings (SSSR count). The van der Waals surface area contributed by atoms with Crippen molar-refractivity contribution in [2.75, 3.05) is 12.3 Å². The van der Waals surface area contributed by atoms with Crippen LogP contribution in [0.25, 0.3) is 11.3 Å². The summed E-state index contributed by atoms with van der Waals surface area (Å²) < 4.78 is 78.6. The fourth-order valence-electron chi connectivity index (χ4n) is 2.25. The summed E-state index contributed by atoms with van der Waals surface area (Å²) in [6.45, 7) is -0.871. The van der Waals surface area contributed by atoms with Crippen molar-refractivity contribution in [3.8, 4) is 11.3 Å². The number of anilines is 1. The lowest BCUT2D eigenvalue weighted by atomic mass is 10.0. The maximum absolute atomic E-state index is 13.5. The molecular weight excluding hydrogens is 463 g/mol. The monoisotopic (exact) mass is 475 g/mol. The maximum atomic E-state index is 13.5. The number of carbonyl (C=O) groups is 1. The van der Waals surface area contributed by atoms with Crippen LogP contribution in [0.1, 0.15) is 23.0 Å². The molecule has 1 atom stereocenters.